The van der Waals surface area contributed by atoms with Crippen LogP contribution < -0.4 is 15.0 Å². The van der Waals surface area contributed by atoms with E-state index in [-0.39, 0.29) is 40.7 Å². The fourth-order valence-electron chi connectivity index (χ4n) is 6.30. The molecule has 0 aliphatic carbocycles. The van der Waals surface area contributed by atoms with Gasteiger partial charge in [-0.1, -0.05) is 37.6 Å². The summed E-state index contributed by atoms with van der Waals surface area (Å²) in [5, 5.41) is 0.896. The summed E-state index contributed by atoms with van der Waals surface area (Å²) in [6.07, 6.45) is 6.69. The van der Waals surface area contributed by atoms with Crippen molar-refractivity contribution in [2.75, 3.05) is 7.11 Å². The summed E-state index contributed by atoms with van der Waals surface area (Å²) >= 11 is 0. The van der Waals surface area contributed by atoms with Gasteiger partial charge in [0, 0.05) is 36.4 Å². The Hall–Kier alpha value is -4.20. The third-order valence-electron chi connectivity index (χ3n) is 8.36. The van der Waals surface area contributed by atoms with Crippen molar-refractivity contribution in [2.24, 2.45) is 5.92 Å². The number of ketones is 1. The lowest BCUT2D eigenvalue weighted by molar-refractivity contribution is -0.135. The molecule has 2 aliphatic heterocycles. The maximum absolute atomic E-state index is 14.2. The fourth-order valence-corrected chi connectivity index (χ4v) is 6.30. The summed E-state index contributed by atoms with van der Waals surface area (Å²) in [4.78, 5) is 53.3. The zero-order valence-corrected chi connectivity index (χ0v) is 26.2. The third-order valence-corrected chi connectivity index (χ3v) is 8.36. The van der Waals surface area contributed by atoms with Crippen LogP contribution in [-0.4, -0.2) is 35.5 Å². The van der Waals surface area contributed by atoms with E-state index in [4.69, 9.17) is 14.2 Å². The Morgan fingerprint density at radius 2 is 1.82 bits per heavy atom. The molecule has 5 rings (SSSR count). The van der Waals surface area contributed by atoms with Crippen molar-refractivity contribution in [1.29, 1.82) is 0 Å². The number of rotatable bonds is 4. The van der Waals surface area contributed by atoms with E-state index in [0.29, 0.717) is 61.8 Å². The topological polar surface area (TPSA) is 101 Å². The summed E-state index contributed by atoms with van der Waals surface area (Å²) < 4.78 is 19.4. The summed E-state index contributed by atoms with van der Waals surface area (Å²) in [5.74, 6) is -0.830. The minimum atomic E-state index is -0.698. The Bertz CT molecular complexity index is 1700. The van der Waals surface area contributed by atoms with Gasteiger partial charge in [-0.25, -0.2) is 4.79 Å². The van der Waals surface area contributed by atoms with Crippen LogP contribution in [0.15, 0.2) is 41.2 Å². The van der Waals surface area contributed by atoms with Gasteiger partial charge < -0.3 is 18.8 Å². The minimum Gasteiger partial charge on any atom is -0.495 e. The van der Waals surface area contributed by atoms with Gasteiger partial charge in [0.05, 0.1) is 25.2 Å². The van der Waals surface area contributed by atoms with E-state index in [2.05, 4.69) is 13.8 Å². The standard InChI is InChI=1S/C36H41NO7/c1-21(2)20-37-29-15-14-22(3)16-25(29)17-28(35(37)40)27-19-31(39)44-30-18-24-11-7-6-8-12-26(38)13-9-10-23(4)43-36(41)32(24)34(42-5)33(27)30/h7,11,14-18,21,23,27H,6,8-10,12-13,19-20H2,1-5H3/t23-,27-/m0/s1. The van der Waals surface area contributed by atoms with Crippen LogP contribution in [0.1, 0.15) is 104 Å². The van der Waals surface area contributed by atoms with Crippen molar-refractivity contribution in [3.05, 3.63) is 74.6 Å². The summed E-state index contributed by atoms with van der Waals surface area (Å²) in [6, 6.07) is 9.51. The molecule has 0 spiro atoms. The Morgan fingerprint density at radius 3 is 2.57 bits per heavy atom. The third kappa shape index (κ3) is 6.49. The van der Waals surface area contributed by atoms with E-state index in [1.165, 1.54) is 7.11 Å². The first-order valence-corrected chi connectivity index (χ1v) is 15.6. The Kier molecular flexibility index (Phi) is 9.37. The SMILES string of the molecule is COc1c2c(cc3c1[C@H](c1cc4cc(C)ccc4n(CC(C)C)c1=O)CC(=O)O3)C=CCCCC(=O)CCC[C@H](C)OC2=O. The molecule has 0 saturated heterocycles. The number of esters is 2. The van der Waals surface area contributed by atoms with Crippen molar-refractivity contribution in [3.63, 3.8) is 0 Å². The van der Waals surface area contributed by atoms with Crippen LogP contribution >= 0.6 is 0 Å². The number of allylic oxidation sites excluding steroid dienone is 1. The van der Waals surface area contributed by atoms with Crippen molar-refractivity contribution < 1.29 is 28.6 Å². The molecule has 232 valence electrons. The maximum atomic E-state index is 14.2. The van der Waals surface area contributed by atoms with Gasteiger partial charge in [0.25, 0.3) is 5.56 Å². The van der Waals surface area contributed by atoms with Crippen LogP contribution in [-0.2, 0) is 20.9 Å². The molecule has 2 aromatic carbocycles. The molecule has 0 amide bonds. The lowest BCUT2D eigenvalue weighted by Crippen LogP contribution is -2.31. The molecule has 2 aliphatic rings. The fraction of sp³-hybridized carbons (Fsp3) is 0.444. The normalized spacial score (nSPS) is 19.6. The summed E-state index contributed by atoms with van der Waals surface area (Å²) in [5.41, 5.74) is 3.34. The largest absolute Gasteiger partial charge is 0.495 e. The first-order valence-electron chi connectivity index (χ1n) is 15.6. The van der Waals surface area contributed by atoms with E-state index >= 15 is 0 Å². The molecule has 0 bridgehead atoms. The number of methoxy groups -OCH3 is 1. The van der Waals surface area contributed by atoms with Gasteiger partial charge in [-0.3, -0.25) is 14.4 Å². The number of benzene rings is 2. The molecule has 8 nitrogen and oxygen atoms in total. The number of cyclic esters (lactones) is 1. The number of Topliss-reactive ketones (excluding diaryl/α,β-unsaturated/α-hetero) is 1. The van der Waals surface area contributed by atoms with Crippen molar-refractivity contribution >= 4 is 34.7 Å². The van der Waals surface area contributed by atoms with Crippen LogP contribution in [0.5, 0.6) is 11.5 Å². The number of ether oxygens (including phenoxy) is 3. The molecule has 44 heavy (non-hydrogen) atoms. The van der Waals surface area contributed by atoms with E-state index < -0.39 is 24.0 Å². The highest BCUT2D eigenvalue weighted by Crippen LogP contribution is 2.47. The number of hydrogen-bond acceptors (Lipinski definition) is 7. The first kappa shape index (κ1) is 31.2. The first-order chi connectivity index (χ1) is 21.1. The monoisotopic (exact) mass is 599 g/mol. The van der Waals surface area contributed by atoms with Gasteiger partial charge in [0.2, 0.25) is 0 Å². The van der Waals surface area contributed by atoms with Gasteiger partial charge >= 0.3 is 11.9 Å². The summed E-state index contributed by atoms with van der Waals surface area (Å²) in [7, 11) is 1.47. The highest BCUT2D eigenvalue weighted by molar-refractivity contribution is 5.99. The maximum Gasteiger partial charge on any atom is 0.342 e. The molecule has 0 fully saturated rings. The number of hydrogen-bond donors (Lipinski definition) is 0. The number of fused-ring (bicyclic) bond motifs is 3. The molecule has 0 radical (unpaired) electrons. The van der Waals surface area contributed by atoms with Crippen LogP contribution in [0.4, 0.5) is 0 Å². The number of nitrogens with zero attached hydrogens (tertiary/aromatic N) is 1. The van der Waals surface area contributed by atoms with Gasteiger partial charge in [0.15, 0.2) is 0 Å². The summed E-state index contributed by atoms with van der Waals surface area (Å²) in [6.45, 7) is 8.45. The zero-order valence-electron chi connectivity index (χ0n) is 26.2. The Labute approximate surface area is 258 Å². The number of aromatic nitrogens is 1. The number of carbonyl (C=O) groups excluding carboxylic acids is 3. The van der Waals surface area contributed by atoms with Crippen LogP contribution in [0.3, 0.4) is 0 Å². The lowest BCUT2D eigenvalue weighted by atomic mass is 9.83. The van der Waals surface area contributed by atoms with Crippen LogP contribution in [0, 0.1) is 12.8 Å². The van der Waals surface area contributed by atoms with E-state index in [1.54, 1.807) is 16.7 Å². The molecule has 0 unspecified atom stereocenters. The predicted octanol–water partition coefficient (Wildman–Crippen LogP) is 6.90. The van der Waals surface area contributed by atoms with E-state index in [9.17, 15) is 19.2 Å². The van der Waals surface area contributed by atoms with Gasteiger partial charge in [0.1, 0.15) is 22.8 Å². The molecule has 1 aromatic heterocycles. The van der Waals surface area contributed by atoms with E-state index in [1.807, 2.05) is 44.2 Å². The van der Waals surface area contributed by atoms with Crippen LogP contribution in [0.25, 0.3) is 17.0 Å². The second-order valence-electron chi connectivity index (χ2n) is 12.4. The minimum absolute atomic E-state index is 0.0777. The van der Waals surface area contributed by atoms with E-state index in [0.717, 1.165) is 16.5 Å². The zero-order chi connectivity index (χ0) is 31.5. The van der Waals surface area contributed by atoms with Gasteiger partial charge in [-0.2, -0.15) is 0 Å². The van der Waals surface area contributed by atoms with Crippen molar-refractivity contribution in [3.8, 4) is 11.5 Å². The van der Waals surface area contributed by atoms with Crippen molar-refractivity contribution in [1.82, 2.24) is 4.57 Å². The quantitative estimate of drug-likeness (QED) is 0.238. The molecule has 0 N–H and O–H groups in total. The average molecular weight is 600 g/mol. The molecule has 8 heteroatoms. The Balaban J connectivity index is 1.73. The molecule has 0 saturated carbocycles. The number of carbonyl (C=O) groups is 3. The predicted molar refractivity (Wildman–Crippen MR) is 169 cm³/mol. The molecule has 3 aromatic rings. The molecule has 2 atom stereocenters. The molecular weight excluding hydrogens is 558 g/mol. The second-order valence-corrected chi connectivity index (χ2v) is 12.4. The Morgan fingerprint density at radius 1 is 1.05 bits per heavy atom. The second kappa shape index (κ2) is 13.2. The molecular formula is C36H41NO7. The average Bonchev–Trinajstić information content (AvgIpc) is 2.96. The highest BCUT2D eigenvalue weighted by Gasteiger charge is 2.37. The lowest BCUT2D eigenvalue weighted by Gasteiger charge is -2.29. The van der Waals surface area contributed by atoms with Crippen molar-refractivity contribution in [2.45, 2.75) is 91.2 Å². The smallest absolute Gasteiger partial charge is 0.342 e. The molecule has 3 heterocycles. The van der Waals surface area contributed by atoms with Gasteiger partial charge in [-0.15, -0.1) is 0 Å². The van der Waals surface area contributed by atoms with Crippen LogP contribution in [0.2, 0.25) is 0 Å². The number of aryl methyl sites for hydroxylation is 1. The number of pyridine rings is 1. The van der Waals surface area contributed by atoms with Gasteiger partial charge in [-0.05, 0) is 80.7 Å². The highest BCUT2D eigenvalue weighted by atomic mass is 16.5.